The van der Waals surface area contributed by atoms with Crippen LogP contribution in [0.4, 0.5) is 4.39 Å². The van der Waals surface area contributed by atoms with Crippen LogP contribution in [0.5, 0.6) is 0 Å². The van der Waals surface area contributed by atoms with E-state index in [1.54, 1.807) is 7.05 Å². The van der Waals surface area contributed by atoms with E-state index in [-0.39, 0.29) is 18.0 Å². The first-order valence-electron chi connectivity index (χ1n) is 5.43. The fourth-order valence-electron chi connectivity index (χ4n) is 1.23. The number of hydrogen-bond acceptors (Lipinski definition) is 2. The number of nitrogens with zero attached hydrogens (tertiary/aromatic N) is 1. The summed E-state index contributed by atoms with van der Waals surface area (Å²) in [4.78, 5) is 24.6. The molecule has 0 spiro atoms. The molecule has 18 heavy (non-hydrogen) atoms. The average molecular weight is 317 g/mol. The van der Waals surface area contributed by atoms with Gasteiger partial charge in [0.2, 0.25) is 5.91 Å². The molecular weight excluding hydrogens is 303 g/mol. The quantitative estimate of drug-likeness (QED) is 0.920. The largest absolute Gasteiger partial charge is 0.345 e. The van der Waals surface area contributed by atoms with Crippen molar-refractivity contribution in [2.24, 2.45) is 0 Å². The highest BCUT2D eigenvalue weighted by Crippen LogP contribution is 2.15. The Morgan fingerprint density at radius 1 is 1.44 bits per heavy atom. The summed E-state index contributed by atoms with van der Waals surface area (Å²) in [5, 5.41) is 2.39. The summed E-state index contributed by atoms with van der Waals surface area (Å²) in [6.45, 7) is 2.24. The third-order valence-corrected chi connectivity index (χ3v) is 2.97. The molecule has 0 unspecified atom stereocenters. The zero-order valence-corrected chi connectivity index (χ0v) is 11.8. The first-order chi connectivity index (χ1) is 8.45. The first-order valence-corrected chi connectivity index (χ1v) is 6.22. The second-order valence-electron chi connectivity index (χ2n) is 3.71. The number of carbonyl (C=O) groups is 2. The van der Waals surface area contributed by atoms with E-state index in [0.29, 0.717) is 11.0 Å². The van der Waals surface area contributed by atoms with Crippen LogP contribution in [0.15, 0.2) is 22.7 Å². The Morgan fingerprint density at radius 2 is 2.11 bits per heavy atom. The Kier molecular flexibility index (Phi) is 5.27. The Balaban J connectivity index is 2.66. The Bertz CT molecular complexity index is 465. The van der Waals surface area contributed by atoms with Gasteiger partial charge in [-0.15, -0.1) is 0 Å². The van der Waals surface area contributed by atoms with E-state index in [4.69, 9.17) is 0 Å². The average Bonchev–Trinajstić information content (AvgIpc) is 2.37. The topological polar surface area (TPSA) is 49.4 Å². The van der Waals surface area contributed by atoms with Crippen molar-refractivity contribution in [1.82, 2.24) is 10.2 Å². The normalized spacial score (nSPS) is 10.0. The molecule has 1 aromatic carbocycles. The van der Waals surface area contributed by atoms with Crippen LogP contribution in [0.2, 0.25) is 0 Å². The number of halogens is 2. The highest BCUT2D eigenvalue weighted by molar-refractivity contribution is 9.10. The number of carbonyl (C=O) groups excluding carboxylic acids is 2. The summed E-state index contributed by atoms with van der Waals surface area (Å²) in [7, 11) is 1.63. The third-order valence-electron chi connectivity index (χ3n) is 2.47. The van der Waals surface area contributed by atoms with Gasteiger partial charge in [-0.3, -0.25) is 9.59 Å². The van der Waals surface area contributed by atoms with Gasteiger partial charge in [-0.25, -0.2) is 4.39 Å². The van der Waals surface area contributed by atoms with Crippen LogP contribution < -0.4 is 5.32 Å². The minimum Gasteiger partial charge on any atom is -0.345 e. The van der Waals surface area contributed by atoms with Crippen molar-refractivity contribution < 1.29 is 14.0 Å². The summed E-state index contributed by atoms with van der Waals surface area (Å²) in [5.41, 5.74) is -0.0867. The fourth-order valence-corrected chi connectivity index (χ4v) is 1.60. The fraction of sp³-hybridized carbons (Fsp3) is 0.333. The molecule has 1 rings (SSSR count). The highest BCUT2D eigenvalue weighted by atomic mass is 79.9. The van der Waals surface area contributed by atoms with Crippen LogP contribution in [0.3, 0.4) is 0 Å². The molecule has 4 nitrogen and oxygen atoms in total. The molecule has 0 saturated carbocycles. The third kappa shape index (κ3) is 3.80. The molecule has 0 atom stereocenters. The predicted octanol–water partition coefficient (Wildman–Crippen LogP) is 1.80. The van der Waals surface area contributed by atoms with Crippen LogP contribution >= 0.6 is 15.9 Å². The SMILES string of the molecule is CCN(C)C(=O)CNC(=O)c1cc(Br)ccc1F. The van der Waals surface area contributed by atoms with Crippen molar-refractivity contribution >= 4 is 27.7 Å². The van der Waals surface area contributed by atoms with Gasteiger partial charge in [0.15, 0.2) is 0 Å². The van der Waals surface area contributed by atoms with E-state index in [2.05, 4.69) is 21.2 Å². The van der Waals surface area contributed by atoms with Gasteiger partial charge in [-0.05, 0) is 25.1 Å². The monoisotopic (exact) mass is 316 g/mol. The molecule has 6 heteroatoms. The lowest BCUT2D eigenvalue weighted by molar-refractivity contribution is -0.128. The lowest BCUT2D eigenvalue weighted by Crippen LogP contribution is -2.38. The highest BCUT2D eigenvalue weighted by Gasteiger charge is 2.14. The molecule has 0 radical (unpaired) electrons. The van der Waals surface area contributed by atoms with Crippen molar-refractivity contribution in [2.45, 2.75) is 6.92 Å². The van der Waals surface area contributed by atoms with E-state index < -0.39 is 11.7 Å². The minimum absolute atomic E-state index is 0.0867. The minimum atomic E-state index is -0.619. The number of nitrogens with one attached hydrogen (secondary N) is 1. The maximum absolute atomic E-state index is 13.4. The Labute approximate surface area is 113 Å². The molecule has 0 bridgehead atoms. The second-order valence-corrected chi connectivity index (χ2v) is 4.63. The number of amides is 2. The maximum Gasteiger partial charge on any atom is 0.254 e. The predicted molar refractivity (Wildman–Crippen MR) is 69.7 cm³/mol. The molecule has 0 aliphatic rings. The molecule has 0 aliphatic heterocycles. The van der Waals surface area contributed by atoms with Gasteiger partial charge in [0.05, 0.1) is 12.1 Å². The Hall–Kier alpha value is -1.43. The molecule has 1 N–H and O–H groups in total. The lowest BCUT2D eigenvalue weighted by Gasteiger charge is -2.14. The van der Waals surface area contributed by atoms with Gasteiger partial charge in [0, 0.05) is 18.1 Å². The molecular formula is C12H14BrFN2O2. The maximum atomic E-state index is 13.4. The van der Waals surface area contributed by atoms with E-state index in [1.165, 1.54) is 23.1 Å². The second kappa shape index (κ2) is 6.49. The van der Waals surface area contributed by atoms with Crippen LogP contribution in [0, 0.1) is 5.82 Å². The number of benzene rings is 1. The number of hydrogen-bond donors (Lipinski definition) is 1. The van der Waals surface area contributed by atoms with Gasteiger partial charge in [0.1, 0.15) is 5.82 Å². The van der Waals surface area contributed by atoms with Crippen molar-refractivity contribution in [3.63, 3.8) is 0 Å². The van der Waals surface area contributed by atoms with Crippen molar-refractivity contribution in [2.75, 3.05) is 20.1 Å². The van der Waals surface area contributed by atoms with Gasteiger partial charge >= 0.3 is 0 Å². The molecule has 0 saturated heterocycles. The van der Waals surface area contributed by atoms with E-state index in [0.717, 1.165) is 0 Å². The van der Waals surface area contributed by atoms with Gasteiger partial charge < -0.3 is 10.2 Å². The van der Waals surface area contributed by atoms with Crippen LogP contribution in [0.1, 0.15) is 17.3 Å². The zero-order valence-electron chi connectivity index (χ0n) is 10.2. The standard InChI is InChI=1S/C12H14BrFN2O2/c1-3-16(2)11(17)7-15-12(18)9-6-8(13)4-5-10(9)14/h4-6H,3,7H2,1-2H3,(H,15,18). The van der Waals surface area contributed by atoms with Gasteiger partial charge in [-0.2, -0.15) is 0 Å². The van der Waals surface area contributed by atoms with Crippen LogP contribution in [-0.4, -0.2) is 36.9 Å². The lowest BCUT2D eigenvalue weighted by atomic mass is 10.2. The first kappa shape index (κ1) is 14.6. The summed E-state index contributed by atoms with van der Waals surface area (Å²) < 4.78 is 14.0. The van der Waals surface area contributed by atoms with Crippen molar-refractivity contribution in [1.29, 1.82) is 0 Å². The Morgan fingerprint density at radius 3 is 2.72 bits per heavy atom. The molecule has 0 aromatic heterocycles. The molecule has 0 heterocycles. The summed E-state index contributed by atoms with van der Waals surface area (Å²) >= 11 is 3.16. The van der Waals surface area contributed by atoms with Crippen molar-refractivity contribution in [3.05, 3.63) is 34.1 Å². The summed E-state index contributed by atoms with van der Waals surface area (Å²) in [5.74, 6) is -1.44. The number of rotatable bonds is 4. The van der Waals surface area contributed by atoms with Gasteiger partial charge in [-0.1, -0.05) is 15.9 Å². The summed E-state index contributed by atoms with van der Waals surface area (Å²) in [6.07, 6.45) is 0. The zero-order chi connectivity index (χ0) is 13.7. The summed E-state index contributed by atoms with van der Waals surface area (Å²) in [6, 6.07) is 4.07. The van der Waals surface area contributed by atoms with E-state index in [9.17, 15) is 14.0 Å². The smallest absolute Gasteiger partial charge is 0.254 e. The van der Waals surface area contributed by atoms with E-state index in [1.807, 2.05) is 6.92 Å². The van der Waals surface area contributed by atoms with Crippen LogP contribution in [-0.2, 0) is 4.79 Å². The molecule has 98 valence electrons. The van der Waals surface area contributed by atoms with E-state index >= 15 is 0 Å². The molecule has 2 amide bonds. The molecule has 1 aromatic rings. The van der Waals surface area contributed by atoms with Crippen LogP contribution in [0.25, 0.3) is 0 Å². The van der Waals surface area contributed by atoms with Crippen molar-refractivity contribution in [3.8, 4) is 0 Å². The molecule has 0 aliphatic carbocycles. The molecule has 0 fully saturated rings. The van der Waals surface area contributed by atoms with Gasteiger partial charge in [0.25, 0.3) is 5.91 Å². The number of likely N-dealkylation sites (N-methyl/N-ethyl adjacent to an activating group) is 1.